The molecule has 0 radical (unpaired) electrons. The van der Waals surface area contributed by atoms with E-state index in [4.69, 9.17) is 0 Å². The van der Waals surface area contributed by atoms with Gasteiger partial charge < -0.3 is 5.32 Å². The van der Waals surface area contributed by atoms with Gasteiger partial charge in [0.15, 0.2) is 0 Å². The highest BCUT2D eigenvalue weighted by Gasteiger charge is 2.24. The number of sulfonamides is 1. The zero-order valence-corrected chi connectivity index (χ0v) is 15.8. The third-order valence-corrected chi connectivity index (χ3v) is 5.32. The molecule has 0 spiro atoms. The summed E-state index contributed by atoms with van der Waals surface area (Å²) in [6, 6.07) is 4.62. The Kier molecular flexibility index (Phi) is 5.99. The lowest BCUT2D eigenvalue weighted by Crippen LogP contribution is -2.40. The minimum Gasteiger partial charge on any atom is -0.349 e. The maximum absolute atomic E-state index is 12.4. The molecule has 1 aromatic carbocycles. The SMILES string of the molecule is Cc1ccc(S(=O)(=O)NC(C)(C)C)cc1C(=O)NC(C)C(C)C. The second-order valence-corrected chi connectivity index (χ2v) is 9.02. The van der Waals surface area contributed by atoms with Crippen molar-refractivity contribution in [3.05, 3.63) is 29.3 Å². The van der Waals surface area contributed by atoms with Gasteiger partial charge in [-0.25, -0.2) is 13.1 Å². The number of hydrogen-bond donors (Lipinski definition) is 2. The average molecular weight is 340 g/mol. The molecule has 23 heavy (non-hydrogen) atoms. The van der Waals surface area contributed by atoms with Gasteiger partial charge >= 0.3 is 0 Å². The van der Waals surface area contributed by atoms with Gasteiger partial charge in [-0.1, -0.05) is 19.9 Å². The highest BCUT2D eigenvalue weighted by molar-refractivity contribution is 7.89. The van der Waals surface area contributed by atoms with Crippen LogP contribution in [0, 0.1) is 12.8 Å². The quantitative estimate of drug-likeness (QED) is 0.865. The van der Waals surface area contributed by atoms with Crippen LogP contribution in [0.25, 0.3) is 0 Å². The van der Waals surface area contributed by atoms with E-state index >= 15 is 0 Å². The van der Waals surface area contributed by atoms with Crippen LogP contribution in [0.4, 0.5) is 0 Å². The lowest BCUT2D eigenvalue weighted by Gasteiger charge is -2.21. The second kappa shape index (κ2) is 7.01. The largest absolute Gasteiger partial charge is 0.349 e. The van der Waals surface area contributed by atoms with Crippen molar-refractivity contribution in [1.29, 1.82) is 0 Å². The smallest absolute Gasteiger partial charge is 0.251 e. The topological polar surface area (TPSA) is 75.3 Å². The van der Waals surface area contributed by atoms with Gasteiger partial charge in [-0.3, -0.25) is 4.79 Å². The van der Waals surface area contributed by atoms with Crippen LogP contribution in [0.5, 0.6) is 0 Å². The summed E-state index contributed by atoms with van der Waals surface area (Å²) in [5, 5.41) is 2.91. The van der Waals surface area contributed by atoms with Crippen LogP contribution in [-0.2, 0) is 10.0 Å². The number of aryl methyl sites for hydroxylation is 1. The van der Waals surface area contributed by atoms with Gasteiger partial charge in [-0.15, -0.1) is 0 Å². The highest BCUT2D eigenvalue weighted by Crippen LogP contribution is 2.18. The van der Waals surface area contributed by atoms with E-state index in [0.29, 0.717) is 11.5 Å². The average Bonchev–Trinajstić information content (AvgIpc) is 2.35. The van der Waals surface area contributed by atoms with E-state index in [1.807, 2.05) is 20.8 Å². The van der Waals surface area contributed by atoms with E-state index in [1.165, 1.54) is 12.1 Å². The van der Waals surface area contributed by atoms with E-state index in [0.717, 1.165) is 5.56 Å². The fraction of sp³-hybridized carbons (Fsp3) is 0.588. The third kappa shape index (κ3) is 5.62. The van der Waals surface area contributed by atoms with Crippen molar-refractivity contribution in [3.8, 4) is 0 Å². The monoisotopic (exact) mass is 340 g/mol. The molecule has 1 amide bonds. The Hall–Kier alpha value is -1.40. The van der Waals surface area contributed by atoms with Crippen LogP contribution in [0.15, 0.2) is 23.1 Å². The molecule has 0 aliphatic heterocycles. The second-order valence-electron chi connectivity index (χ2n) is 7.34. The van der Waals surface area contributed by atoms with Crippen molar-refractivity contribution in [2.75, 3.05) is 0 Å². The van der Waals surface area contributed by atoms with Gasteiger partial charge in [-0.2, -0.15) is 0 Å². The lowest BCUT2D eigenvalue weighted by atomic mass is 10.0. The molecule has 0 aliphatic rings. The van der Waals surface area contributed by atoms with Crippen molar-refractivity contribution in [1.82, 2.24) is 10.0 Å². The molecule has 0 heterocycles. The molecule has 6 heteroatoms. The maximum Gasteiger partial charge on any atom is 0.251 e. The number of carbonyl (C=O) groups is 1. The van der Waals surface area contributed by atoms with E-state index in [2.05, 4.69) is 10.0 Å². The summed E-state index contributed by atoms with van der Waals surface area (Å²) in [4.78, 5) is 12.5. The molecule has 1 rings (SSSR count). The Bertz CT molecular complexity index is 674. The zero-order chi connectivity index (χ0) is 18.0. The molecule has 130 valence electrons. The highest BCUT2D eigenvalue weighted by atomic mass is 32.2. The Balaban J connectivity index is 3.16. The zero-order valence-electron chi connectivity index (χ0n) is 15.0. The minimum absolute atomic E-state index is 0.00913. The van der Waals surface area contributed by atoms with Gasteiger partial charge in [0.05, 0.1) is 4.90 Å². The summed E-state index contributed by atoms with van der Waals surface area (Å²) >= 11 is 0. The number of hydrogen-bond acceptors (Lipinski definition) is 3. The number of benzene rings is 1. The molecule has 1 unspecified atom stereocenters. The van der Waals surface area contributed by atoms with Gasteiger partial charge in [0.2, 0.25) is 10.0 Å². The first kappa shape index (κ1) is 19.6. The van der Waals surface area contributed by atoms with Crippen molar-refractivity contribution in [2.45, 2.75) is 64.9 Å². The summed E-state index contributed by atoms with van der Waals surface area (Å²) in [5.74, 6) is 0.0465. The third-order valence-electron chi connectivity index (χ3n) is 3.56. The fourth-order valence-corrected chi connectivity index (χ4v) is 3.37. The van der Waals surface area contributed by atoms with Crippen LogP contribution in [-0.4, -0.2) is 25.9 Å². The molecule has 0 saturated carbocycles. The Morgan fingerprint density at radius 2 is 1.70 bits per heavy atom. The van der Waals surface area contributed by atoms with E-state index in [9.17, 15) is 13.2 Å². The Labute approximate surface area is 139 Å². The first-order valence-corrected chi connectivity index (χ1v) is 9.27. The molecule has 5 nitrogen and oxygen atoms in total. The minimum atomic E-state index is -3.67. The summed E-state index contributed by atoms with van der Waals surface area (Å²) in [6.45, 7) is 13.1. The Morgan fingerprint density at radius 3 is 2.17 bits per heavy atom. The molecular weight excluding hydrogens is 312 g/mol. The van der Waals surface area contributed by atoms with E-state index < -0.39 is 15.6 Å². The standard InChI is InChI=1S/C17H28N2O3S/c1-11(2)13(4)18-16(20)15-10-14(9-8-12(15)3)23(21,22)19-17(5,6)7/h8-11,13,19H,1-7H3,(H,18,20). The number of carbonyl (C=O) groups excluding carboxylic acids is 1. The van der Waals surface area contributed by atoms with Gasteiger partial charge in [-0.05, 0) is 58.2 Å². The number of amides is 1. The number of nitrogens with one attached hydrogen (secondary N) is 2. The first-order valence-electron chi connectivity index (χ1n) is 7.79. The van der Waals surface area contributed by atoms with Crippen LogP contribution in [0.2, 0.25) is 0 Å². The molecule has 1 atom stereocenters. The summed E-state index contributed by atoms with van der Waals surface area (Å²) in [7, 11) is -3.67. The summed E-state index contributed by atoms with van der Waals surface area (Å²) in [5.41, 5.74) is 0.542. The number of rotatable bonds is 5. The van der Waals surface area contributed by atoms with Crippen LogP contribution in [0.3, 0.4) is 0 Å². The Morgan fingerprint density at radius 1 is 1.13 bits per heavy atom. The molecule has 0 bridgehead atoms. The lowest BCUT2D eigenvalue weighted by molar-refractivity contribution is 0.0929. The van der Waals surface area contributed by atoms with E-state index in [-0.39, 0.29) is 16.8 Å². The van der Waals surface area contributed by atoms with Crippen molar-refractivity contribution in [2.24, 2.45) is 5.92 Å². The van der Waals surface area contributed by atoms with Crippen LogP contribution in [0.1, 0.15) is 57.5 Å². The molecule has 0 aliphatic carbocycles. The normalized spacial score (nSPS) is 13.9. The van der Waals surface area contributed by atoms with Crippen LogP contribution < -0.4 is 10.0 Å². The van der Waals surface area contributed by atoms with Crippen LogP contribution >= 0.6 is 0 Å². The van der Waals surface area contributed by atoms with Crippen molar-refractivity contribution >= 4 is 15.9 Å². The molecule has 1 aromatic rings. The molecular formula is C17H28N2O3S. The maximum atomic E-state index is 12.4. The predicted molar refractivity (Wildman–Crippen MR) is 93.0 cm³/mol. The van der Waals surface area contributed by atoms with Gasteiger partial charge in [0.25, 0.3) is 5.91 Å². The molecule has 2 N–H and O–H groups in total. The molecule has 0 aromatic heterocycles. The van der Waals surface area contributed by atoms with Crippen molar-refractivity contribution < 1.29 is 13.2 Å². The predicted octanol–water partition coefficient (Wildman–Crippen LogP) is 2.85. The van der Waals surface area contributed by atoms with Gasteiger partial charge in [0.1, 0.15) is 0 Å². The molecule has 0 saturated heterocycles. The fourth-order valence-electron chi connectivity index (χ4n) is 1.93. The van der Waals surface area contributed by atoms with Crippen molar-refractivity contribution in [3.63, 3.8) is 0 Å². The van der Waals surface area contributed by atoms with E-state index in [1.54, 1.807) is 33.8 Å². The summed E-state index contributed by atoms with van der Waals surface area (Å²) < 4.78 is 27.4. The van der Waals surface area contributed by atoms with Gasteiger partial charge in [0, 0.05) is 17.1 Å². The summed E-state index contributed by atoms with van der Waals surface area (Å²) in [6.07, 6.45) is 0. The first-order chi connectivity index (χ1) is 10.3. The molecule has 0 fully saturated rings.